The van der Waals surface area contributed by atoms with Crippen LogP contribution in [0.4, 0.5) is 5.69 Å². The quantitative estimate of drug-likeness (QED) is 0.386. The number of ether oxygens (including phenoxy) is 1. The van der Waals surface area contributed by atoms with Gasteiger partial charge in [-0.3, -0.25) is 10.1 Å². The Morgan fingerprint density at radius 1 is 1.13 bits per heavy atom. The first-order valence-electron chi connectivity index (χ1n) is 9.79. The first kappa shape index (κ1) is 22.0. The number of nitro benzene ring substituents is 1. The Balaban J connectivity index is 1.98. The molecule has 8 heteroatoms. The molecule has 0 bridgehead atoms. The van der Waals surface area contributed by atoms with Gasteiger partial charge in [-0.15, -0.1) is 0 Å². The third kappa shape index (κ3) is 4.55. The number of rotatable bonds is 6. The van der Waals surface area contributed by atoms with Gasteiger partial charge in [0.25, 0.3) is 5.69 Å². The molecule has 30 heavy (non-hydrogen) atoms. The van der Waals surface area contributed by atoms with Gasteiger partial charge in [0.05, 0.1) is 23.0 Å². The van der Waals surface area contributed by atoms with Gasteiger partial charge < -0.3 is 4.74 Å². The van der Waals surface area contributed by atoms with Crippen LogP contribution in [0.1, 0.15) is 32.3 Å². The summed E-state index contributed by atoms with van der Waals surface area (Å²) in [6.07, 6.45) is 2.15. The van der Waals surface area contributed by atoms with Gasteiger partial charge >= 0.3 is 0 Å². The van der Waals surface area contributed by atoms with Gasteiger partial charge in [0.1, 0.15) is 5.75 Å². The molecule has 0 aromatic heterocycles. The Morgan fingerprint density at radius 3 is 2.30 bits per heavy atom. The van der Waals surface area contributed by atoms with Gasteiger partial charge in [0.2, 0.25) is 10.0 Å². The molecule has 3 rings (SSSR count). The summed E-state index contributed by atoms with van der Waals surface area (Å²) in [6.45, 7) is 4.44. The van der Waals surface area contributed by atoms with E-state index >= 15 is 0 Å². The van der Waals surface area contributed by atoms with Crippen molar-refractivity contribution >= 4 is 15.7 Å². The van der Waals surface area contributed by atoms with Crippen LogP contribution >= 0.6 is 0 Å². The molecule has 160 valence electrons. The van der Waals surface area contributed by atoms with Gasteiger partial charge in [0, 0.05) is 18.7 Å². The van der Waals surface area contributed by atoms with E-state index in [2.05, 4.69) is 0 Å². The fourth-order valence-corrected chi connectivity index (χ4v) is 5.53. The Morgan fingerprint density at radius 2 is 1.77 bits per heavy atom. The third-order valence-corrected chi connectivity index (χ3v) is 7.38. The second-order valence-corrected chi connectivity index (χ2v) is 9.45. The fourth-order valence-electron chi connectivity index (χ4n) is 3.88. The molecule has 0 amide bonds. The second-order valence-electron chi connectivity index (χ2n) is 7.56. The maximum atomic E-state index is 13.5. The summed E-state index contributed by atoms with van der Waals surface area (Å²) in [5.74, 6) is 0.750. The van der Waals surface area contributed by atoms with E-state index in [-0.39, 0.29) is 16.6 Å². The van der Waals surface area contributed by atoms with Crippen LogP contribution in [-0.2, 0) is 16.4 Å². The van der Waals surface area contributed by atoms with Gasteiger partial charge in [-0.1, -0.05) is 23.3 Å². The zero-order valence-electron chi connectivity index (χ0n) is 17.4. The van der Waals surface area contributed by atoms with Crippen LogP contribution in [0.25, 0.3) is 0 Å². The number of allylic oxidation sites excluding steroid dienone is 1. The lowest BCUT2D eigenvalue weighted by Gasteiger charge is -2.37. The van der Waals surface area contributed by atoms with Crippen molar-refractivity contribution in [2.24, 2.45) is 0 Å². The van der Waals surface area contributed by atoms with Crippen molar-refractivity contribution in [1.82, 2.24) is 4.31 Å². The number of piperidine rings is 1. The highest BCUT2D eigenvalue weighted by Crippen LogP contribution is 2.33. The zero-order valence-corrected chi connectivity index (χ0v) is 18.2. The predicted octanol–water partition coefficient (Wildman–Crippen LogP) is 4.34. The number of benzene rings is 2. The Bertz CT molecular complexity index is 1040. The van der Waals surface area contributed by atoms with Crippen LogP contribution in [0.15, 0.2) is 64.6 Å². The molecule has 2 aromatic rings. The Kier molecular flexibility index (Phi) is 6.58. The molecule has 0 N–H and O–H groups in total. The van der Waals surface area contributed by atoms with Gasteiger partial charge in [-0.2, -0.15) is 4.31 Å². The number of sulfonamides is 1. The summed E-state index contributed by atoms with van der Waals surface area (Å²) in [7, 11) is -2.19. The van der Waals surface area contributed by atoms with E-state index in [4.69, 9.17) is 4.74 Å². The second kappa shape index (κ2) is 8.97. The standard InChI is InChI=1S/C22H26N2O5S/c1-16(2)21-5-4-14-23(22(21)15-17-6-10-19(29-3)11-7-17)30(27,28)20-12-8-18(9-13-20)24(25)26/h6-13,22H,4-5,14-15H2,1-3H3. The van der Waals surface area contributed by atoms with E-state index in [0.717, 1.165) is 35.3 Å². The topological polar surface area (TPSA) is 89.8 Å². The minimum absolute atomic E-state index is 0.0721. The van der Waals surface area contributed by atoms with E-state index in [1.54, 1.807) is 11.4 Å². The van der Waals surface area contributed by atoms with Crippen LogP contribution < -0.4 is 4.74 Å². The molecule has 0 aliphatic carbocycles. The Labute approximate surface area is 177 Å². The minimum Gasteiger partial charge on any atom is -0.497 e. The summed E-state index contributed by atoms with van der Waals surface area (Å²) in [5.41, 5.74) is 3.14. The molecular formula is C22H26N2O5S. The smallest absolute Gasteiger partial charge is 0.269 e. The van der Waals surface area contributed by atoms with Crippen LogP contribution in [0.2, 0.25) is 0 Å². The highest BCUT2D eigenvalue weighted by atomic mass is 32.2. The normalized spacial score (nSPS) is 17.6. The molecule has 0 saturated carbocycles. The lowest BCUT2D eigenvalue weighted by atomic mass is 9.89. The molecule has 1 saturated heterocycles. The van der Waals surface area contributed by atoms with Crippen molar-refractivity contribution in [2.45, 2.75) is 44.0 Å². The molecule has 1 heterocycles. The maximum absolute atomic E-state index is 13.5. The number of hydrogen-bond acceptors (Lipinski definition) is 5. The zero-order chi connectivity index (χ0) is 21.9. The molecule has 7 nitrogen and oxygen atoms in total. The number of nitrogens with zero attached hydrogens (tertiary/aromatic N) is 2. The summed E-state index contributed by atoms with van der Waals surface area (Å²) in [4.78, 5) is 10.4. The summed E-state index contributed by atoms with van der Waals surface area (Å²) >= 11 is 0. The monoisotopic (exact) mass is 430 g/mol. The molecule has 1 atom stereocenters. The van der Waals surface area contributed by atoms with E-state index in [1.165, 1.54) is 24.3 Å². The number of methoxy groups -OCH3 is 1. The average molecular weight is 431 g/mol. The molecule has 0 radical (unpaired) electrons. The van der Waals surface area contributed by atoms with Crippen molar-refractivity contribution in [2.75, 3.05) is 13.7 Å². The molecule has 1 aliphatic heterocycles. The average Bonchev–Trinajstić information content (AvgIpc) is 2.74. The van der Waals surface area contributed by atoms with Crippen molar-refractivity contribution in [3.8, 4) is 5.75 Å². The number of nitro groups is 1. The highest BCUT2D eigenvalue weighted by Gasteiger charge is 2.36. The van der Waals surface area contributed by atoms with Crippen molar-refractivity contribution in [3.63, 3.8) is 0 Å². The molecule has 2 aromatic carbocycles. The van der Waals surface area contributed by atoms with E-state index in [9.17, 15) is 18.5 Å². The summed E-state index contributed by atoms with van der Waals surface area (Å²) < 4.78 is 33.7. The van der Waals surface area contributed by atoms with Gasteiger partial charge in [-0.25, -0.2) is 8.42 Å². The van der Waals surface area contributed by atoms with Crippen LogP contribution in [0.3, 0.4) is 0 Å². The molecule has 0 spiro atoms. The molecule has 1 unspecified atom stereocenters. The van der Waals surface area contributed by atoms with E-state index < -0.39 is 14.9 Å². The SMILES string of the molecule is COc1ccc(CC2C(=C(C)C)CCCN2S(=O)(=O)c2ccc([N+](=O)[O-])cc2)cc1. The number of hydrogen-bond donors (Lipinski definition) is 0. The van der Waals surface area contributed by atoms with Crippen molar-refractivity contribution in [1.29, 1.82) is 0 Å². The van der Waals surface area contributed by atoms with Crippen LogP contribution in [0.5, 0.6) is 5.75 Å². The Hall–Kier alpha value is -2.71. The van der Waals surface area contributed by atoms with Crippen LogP contribution in [0, 0.1) is 10.1 Å². The molecule has 1 fully saturated rings. The lowest BCUT2D eigenvalue weighted by Crippen LogP contribution is -2.46. The minimum atomic E-state index is -3.80. The number of non-ortho nitro benzene ring substituents is 1. The van der Waals surface area contributed by atoms with Crippen LogP contribution in [-0.4, -0.2) is 37.3 Å². The van der Waals surface area contributed by atoms with Gasteiger partial charge in [0.15, 0.2) is 0 Å². The fraction of sp³-hybridized carbons (Fsp3) is 0.364. The largest absolute Gasteiger partial charge is 0.497 e. The maximum Gasteiger partial charge on any atom is 0.269 e. The van der Waals surface area contributed by atoms with E-state index in [1.807, 2.05) is 38.1 Å². The van der Waals surface area contributed by atoms with E-state index in [0.29, 0.717) is 13.0 Å². The summed E-state index contributed by atoms with van der Waals surface area (Å²) in [6, 6.07) is 12.4. The van der Waals surface area contributed by atoms with Crippen molar-refractivity contribution < 1.29 is 18.1 Å². The lowest BCUT2D eigenvalue weighted by molar-refractivity contribution is -0.384. The first-order chi connectivity index (χ1) is 14.2. The first-order valence-corrected chi connectivity index (χ1v) is 11.2. The predicted molar refractivity (Wildman–Crippen MR) is 115 cm³/mol. The summed E-state index contributed by atoms with van der Waals surface area (Å²) in [5, 5.41) is 10.9. The third-order valence-electron chi connectivity index (χ3n) is 5.46. The molecular weight excluding hydrogens is 404 g/mol. The van der Waals surface area contributed by atoms with Crippen molar-refractivity contribution in [3.05, 3.63) is 75.4 Å². The molecule has 1 aliphatic rings. The van der Waals surface area contributed by atoms with Gasteiger partial charge in [-0.05, 0) is 62.9 Å². The highest BCUT2D eigenvalue weighted by molar-refractivity contribution is 7.89.